The SMILES string of the molecule is Cc1oc2c(c1C1CCCCN1)CCC2. The standard InChI is InChI=1S/C13H19NO/c1-9-13(11-6-2-3-8-14-11)10-5-4-7-12(10)15-9/h11,14H,2-8H2,1H3. The third kappa shape index (κ3) is 1.51. The van der Waals surface area contributed by atoms with E-state index in [1.54, 1.807) is 0 Å². The molecule has 0 bridgehead atoms. The first-order valence-corrected chi connectivity index (χ1v) is 6.20. The van der Waals surface area contributed by atoms with Crippen LogP contribution >= 0.6 is 0 Å². The Morgan fingerprint density at radius 3 is 2.93 bits per heavy atom. The molecule has 2 nitrogen and oxygen atoms in total. The molecule has 1 aliphatic carbocycles. The molecule has 0 amide bonds. The maximum Gasteiger partial charge on any atom is 0.107 e. The second-order valence-electron chi connectivity index (χ2n) is 4.83. The van der Waals surface area contributed by atoms with Gasteiger partial charge < -0.3 is 9.73 Å². The van der Waals surface area contributed by atoms with Crippen LogP contribution in [0.15, 0.2) is 4.42 Å². The van der Waals surface area contributed by atoms with Crippen LogP contribution in [0, 0.1) is 6.92 Å². The van der Waals surface area contributed by atoms with Crippen molar-refractivity contribution < 1.29 is 4.42 Å². The Kier molecular flexibility index (Phi) is 2.32. The quantitative estimate of drug-likeness (QED) is 0.762. The van der Waals surface area contributed by atoms with Gasteiger partial charge in [-0.1, -0.05) is 6.42 Å². The normalized spacial score (nSPS) is 25.5. The lowest BCUT2D eigenvalue weighted by atomic mass is 9.94. The Balaban J connectivity index is 1.95. The first-order chi connectivity index (χ1) is 7.36. The highest BCUT2D eigenvalue weighted by Gasteiger charge is 2.27. The molecule has 0 aromatic carbocycles. The predicted octanol–water partition coefficient (Wildman–Crippen LogP) is 2.89. The van der Waals surface area contributed by atoms with Crippen LogP contribution in [0.4, 0.5) is 0 Å². The van der Waals surface area contributed by atoms with Gasteiger partial charge in [-0.15, -0.1) is 0 Å². The van der Waals surface area contributed by atoms with Crippen LogP contribution < -0.4 is 5.32 Å². The molecule has 1 N–H and O–H groups in total. The molecule has 1 aliphatic heterocycles. The maximum atomic E-state index is 5.87. The molecule has 2 aliphatic rings. The number of hydrogen-bond acceptors (Lipinski definition) is 2. The van der Waals surface area contributed by atoms with Gasteiger partial charge in [0.05, 0.1) is 0 Å². The Hall–Kier alpha value is -0.760. The molecule has 0 radical (unpaired) electrons. The molecule has 0 saturated carbocycles. The summed E-state index contributed by atoms with van der Waals surface area (Å²) in [4.78, 5) is 0. The Morgan fingerprint density at radius 2 is 2.13 bits per heavy atom. The number of aryl methyl sites for hydroxylation is 2. The van der Waals surface area contributed by atoms with Crippen LogP contribution in [0.3, 0.4) is 0 Å². The topological polar surface area (TPSA) is 25.2 Å². The molecular weight excluding hydrogens is 186 g/mol. The Bertz CT molecular complexity index is 361. The van der Waals surface area contributed by atoms with Gasteiger partial charge in [0.25, 0.3) is 0 Å². The van der Waals surface area contributed by atoms with Crippen LogP contribution in [-0.2, 0) is 12.8 Å². The Labute approximate surface area is 91.0 Å². The monoisotopic (exact) mass is 205 g/mol. The van der Waals surface area contributed by atoms with Gasteiger partial charge in [-0.25, -0.2) is 0 Å². The zero-order valence-electron chi connectivity index (χ0n) is 9.44. The summed E-state index contributed by atoms with van der Waals surface area (Å²) in [5.41, 5.74) is 3.04. The first kappa shape index (κ1) is 9.46. The number of hydrogen-bond donors (Lipinski definition) is 1. The summed E-state index contributed by atoms with van der Waals surface area (Å²) >= 11 is 0. The van der Waals surface area contributed by atoms with E-state index in [0.29, 0.717) is 6.04 Å². The fourth-order valence-electron chi connectivity index (χ4n) is 3.12. The summed E-state index contributed by atoms with van der Waals surface area (Å²) in [6.07, 6.45) is 7.65. The zero-order chi connectivity index (χ0) is 10.3. The second-order valence-corrected chi connectivity index (χ2v) is 4.83. The third-order valence-corrected chi connectivity index (χ3v) is 3.81. The first-order valence-electron chi connectivity index (χ1n) is 6.20. The smallest absolute Gasteiger partial charge is 0.107 e. The minimum absolute atomic E-state index is 0.573. The number of nitrogens with one attached hydrogen (secondary N) is 1. The average molecular weight is 205 g/mol. The highest BCUT2D eigenvalue weighted by atomic mass is 16.3. The fourth-order valence-corrected chi connectivity index (χ4v) is 3.12. The maximum absolute atomic E-state index is 5.87. The number of furan rings is 1. The summed E-state index contributed by atoms with van der Waals surface area (Å²) in [5, 5.41) is 3.63. The molecule has 1 aromatic heterocycles. The van der Waals surface area contributed by atoms with Gasteiger partial charge in [-0.3, -0.25) is 0 Å². The van der Waals surface area contributed by atoms with Gasteiger partial charge >= 0.3 is 0 Å². The number of fused-ring (bicyclic) bond motifs is 1. The molecule has 2 heterocycles. The predicted molar refractivity (Wildman–Crippen MR) is 60.1 cm³/mol. The zero-order valence-corrected chi connectivity index (χ0v) is 9.44. The van der Waals surface area contributed by atoms with Crippen LogP contribution in [0.1, 0.15) is 54.4 Å². The summed E-state index contributed by atoms with van der Waals surface area (Å²) in [6.45, 7) is 3.30. The van der Waals surface area contributed by atoms with Crippen molar-refractivity contribution in [3.05, 3.63) is 22.6 Å². The minimum atomic E-state index is 0.573. The molecule has 1 atom stereocenters. The van der Waals surface area contributed by atoms with Gasteiger partial charge in [0.1, 0.15) is 11.5 Å². The van der Waals surface area contributed by atoms with E-state index >= 15 is 0 Å². The fraction of sp³-hybridized carbons (Fsp3) is 0.692. The lowest BCUT2D eigenvalue weighted by molar-refractivity contribution is 0.401. The van der Waals surface area contributed by atoms with Gasteiger partial charge in [-0.2, -0.15) is 0 Å². The van der Waals surface area contributed by atoms with Crippen molar-refractivity contribution in [3.63, 3.8) is 0 Å². The van der Waals surface area contributed by atoms with Crippen molar-refractivity contribution in [2.45, 2.75) is 51.5 Å². The molecule has 1 saturated heterocycles. The van der Waals surface area contributed by atoms with Crippen LogP contribution in [-0.4, -0.2) is 6.54 Å². The molecule has 2 heteroatoms. The van der Waals surface area contributed by atoms with Gasteiger partial charge in [0, 0.05) is 18.0 Å². The van der Waals surface area contributed by atoms with Gasteiger partial charge in [-0.05, 0) is 44.7 Å². The van der Waals surface area contributed by atoms with E-state index in [1.165, 1.54) is 61.3 Å². The highest BCUT2D eigenvalue weighted by Crippen LogP contribution is 2.36. The van der Waals surface area contributed by atoms with Crippen molar-refractivity contribution >= 4 is 0 Å². The molecule has 1 unspecified atom stereocenters. The van der Waals surface area contributed by atoms with E-state index in [1.807, 2.05) is 0 Å². The lowest BCUT2D eigenvalue weighted by Crippen LogP contribution is -2.27. The lowest BCUT2D eigenvalue weighted by Gasteiger charge is -2.24. The summed E-state index contributed by atoms with van der Waals surface area (Å²) in [5.74, 6) is 2.44. The molecule has 1 aromatic rings. The molecular formula is C13H19NO. The van der Waals surface area contributed by atoms with Crippen LogP contribution in [0.5, 0.6) is 0 Å². The average Bonchev–Trinajstić information content (AvgIpc) is 2.78. The van der Waals surface area contributed by atoms with E-state index < -0.39 is 0 Å². The Morgan fingerprint density at radius 1 is 1.20 bits per heavy atom. The molecule has 3 rings (SSSR count). The molecule has 82 valence electrons. The highest BCUT2D eigenvalue weighted by molar-refractivity contribution is 5.38. The number of rotatable bonds is 1. The molecule has 1 fully saturated rings. The second kappa shape index (κ2) is 3.67. The van der Waals surface area contributed by atoms with Crippen molar-refractivity contribution in [1.82, 2.24) is 5.32 Å². The minimum Gasteiger partial charge on any atom is -0.466 e. The molecule has 15 heavy (non-hydrogen) atoms. The van der Waals surface area contributed by atoms with E-state index in [4.69, 9.17) is 4.42 Å². The van der Waals surface area contributed by atoms with Gasteiger partial charge in [0.15, 0.2) is 0 Å². The largest absolute Gasteiger partial charge is 0.466 e. The van der Waals surface area contributed by atoms with Crippen molar-refractivity contribution in [2.24, 2.45) is 0 Å². The van der Waals surface area contributed by atoms with Crippen molar-refractivity contribution in [3.8, 4) is 0 Å². The van der Waals surface area contributed by atoms with Gasteiger partial charge in [0.2, 0.25) is 0 Å². The number of piperidine rings is 1. The summed E-state index contributed by atoms with van der Waals surface area (Å²) < 4.78 is 5.87. The van der Waals surface area contributed by atoms with E-state index in [0.717, 1.165) is 6.42 Å². The van der Waals surface area contributed by atoms with E-state index in [2.05, 4.69) is 12.2 Å². The van der Waals surface area contributed by atoms with Crippen molar-refractivity contribution in [2.75, 3.05) is 6.54 Å². The van der Waals surface area contributed by atoms with Crippen molar-refractivity contribution in [1.29, 1.82) is 0 Å². The molecule has 0 spiro atoms. The van der Waals surface area contributed by atoms with Crippen LogP contribution in [0.25, 0.3) is 0 Å². The van der Waals surface area contributed by atoms with Crippen LogP contribution in [0.2, 0.25) is 0 Å². The summed E-state index contributed by atoms with van der Waals surface area (Å²) in [7, 11) is 0. The summed E-state index contributed by atoms with van der Waals surface area (Å²) in [6, 6.07) is 0.573. The third-order valence-electron chi connectivity index (χ3n) is 3.81. The van der Waals surface area contributed by atoms with E-state index in [9.17, 15) is 0 Å². The van der Waals surface area contributed by atoms with E-state index in [-0.39, 0.29) is 0 Å².